The van der Waals surface area contributed by atoms with Crippen LogP contribution in [0.25, 0.3) is 11.0 Å². The van der Waals surface area contributed by atoms with E-state index < -0.39 is 23.9 Å². The van der Waals surface area contributed by atoms with Gasteiger partial charge in [-0.05, 0) is 18.8 Å². The molecule has 1 amide bonds. The van der Waals surface area contributed by atoms with E-state index in [4.69, 9.17) is 9.47 Å². The third-order valence-electron chi connectivity index (χ3n) is 5.65. The molecule has 1 saturated heterocycles. The highest BCUT2D eigenvalue weighted by atomic mass is 16.6. The first-order valence-corrected chi connectivity index (χ1v) is 10.8. The summed E-state index contributed by atoms with van der Waals surface area (Å²) in [5.74, 6) is -0.0692. The number of methoxy groups -OCH3 is 1. The van der Waals surface area contributed by atoms with Crippen molar-refractivity contribution in [3.05, 3.63) is 18.1 Å². The summed E-state index contributed by atoms with van der Waals surface area (Å²) in [7, 11) is 1.55. The second-order valence-corrected chi connectivity index (χ2v) is 10.4. The molecule has 9 heteroatoms. The van der Waals surface area contributed by atoms with Gasteiger partial charge in [-0.25, -0.2) is 9.97 Å². The highest BCUT2D eigenvalue weighted by molar-refractivity contribution is 6.12. The Hall–Kier alpha value is -2.36. The molecule has 1 unspecified atom stereocenters. The molecule has 0 aromatic carbocycles. The zero-order chi connectivity index (χ0) is 23.8. The van der Waals surface area contributed by atoms with Crippen LogP contribution in [0.1, 0.15) is 71.0 Å². The van der Waals surface area contributed by atoms with Crippen LogP contribution in [0.2, 0.25) is 0 Å². The van der Waals surface area contributed by atoms with E-state index in [0.717, 1.165) is 0 Å². The fourth-order valence-electron chi connectivity index (χ4n) is 4.55. The Morgan fingerprint density at radius 3 is 2.56 bits per heavy atom. The molecule has 9 nitrogen and oxygen atoms in total. The Balaban J connectivity index is 2.00. The van der Waals surface area contributed by atoms with Gasteiger partial charge in [-0.2, -0.15) is 0 Å². The van der Waals surface area contributed by atoms with E-state index in [2.05, 4.69) is 36.1 Å². The van der Waals surface area contributed by atoms with Crippen molar-refractivity contribution >= 4 is 28.5 Å². The molecule has 1 fully saturated rings. The lowest BCUT2D eigenvalue weighted by atomic mass is 9.76. The Morgan fingerprint density at radius 2 is 1.97 bits per heavy atom. The first kappa shape index (κ1) is 24.3. The summed E-state index contributed by atoms with van der Waals surface area (Å²) in [5, 5.41) is 13.7. The maximum atomic E-state index is 13.1. The molecular formula is C23H34N4O5. The minimum atomic E-state index is -0.697. The first-order chi connectivity index (χ1) is 14.8. The van der Waals surface area contributed by atoms with Crippen molar-refractivity contribution < 1.29 is 24.2 Å². The van der Waals surface area contributed by atoms with E-state index in [-0.39, 0.29) is 29.5 Å². The number of ether oxygens (including phenoxy) is 2. The molecule has 0 aliphatic carbocycles. The number of aliphatic hydroxyl groups excluding tert-OH is 1. The Kier molecular flexibility index (Phi) is 6.74. The SMILES string of the molecule is COC[C@H]1O[C@@H](n2cc(C(C)=O)c3c(NC(=O)C(C)(C)CC(C)(C)C)ncnc32)CC1O. The molecule has 2 N–H and O–H groups in total. The predicted molar refractivity (Wildman–Crippen MR) is 120 cm³/mol. The number of hydrogen-bond acceptors (Lipinski definition) is 7. The number of aromatic nitrogens is 3. The van der Waals surface area contributed by atoms with Crippen molar-refractivity contribution in [3.63, 3.8) is 0 Å². The quantitative estimate of drug-likeness (QED) is 0.627. The molecular weight excluding hydrogens is 412 g/mol. The van der Waals surface area contributed by atoms with Crippen molar-refractivity contribution in [2.45, 2.75) is 72.8 Å². The van der Waals surface area contributed by atoms with E-state index in [1.54, 1.807) is 17.9 Å². The van der Waals surface area contributed by atoms with Crippen LogP contribution in [0.3, 0.4) is 0 Å². The zero-order valence-corrected chi connectivity index (χ0v) is 19.9. The lowest BCUT2D eigenvalue weighted by molar-refractivity contribution is -0.125. The number of amides is 1. The molecule has 0 bridgehead atoms. The monoisotopic (exact) mass is 446 g/mol. The normalized spacial score (nSPS) is 21.8. The van der Waals surface area contributed by atoms with Crippen LogP contribution in [0.5, 0.6) is 0 Å². The third-order valence-corrected chi connectivity index (χ3v) is 5.65. The smallest absolute Gasteiger partial charge is 0.231 e. The van der Waals surface area contributed by atoms with Crippen molar-refractivity contribution in [3.8, 4) is 0 Å². The van der Waals surface area contributed by atoms with E-state index >= 15 is 0 Å². The van der Waals surface area contributed by atoms with Crippen molar-refractivity contribution in [2.24, 2.45) is 10.8 Å². The number of ketones is 1. The van der Waals surface area contributed by atoms with E-state index in [9.17, 15) is 14.7 Å². The summed E-state index contributed by atoms with van der Waals surface area (Å²) in [6, 6.07) is 0. The molecule has 0 saturated carbocycles. The number of hydrogen-bond donors (Lipinski definition) is 2. The molecule has 0 radical (unpaired) electrons. The lowest BCUT2D eigenvalue weighted by Gasteiger charge is -2.31. The summed E-state index contributed by atoms with van der Waals surface area (Å²) in [5.41, 5.74) is 0.178. The average molecular weight is 447 g/mol. The topological polar surface area (TPSA) is 116 Å². The Bertz CT molecular complexity index is 1010. The van der Waals surface area contributed by atoms with Crippen LogP contribution in [-0.4, -0.2) is 57.3 Å². The summed E-state index contributed by atoms with van der Waals surface area (Å²) >= 11 is 0. The zero-order valence-electron chi connectivity index (χ0n) is 19.9. The minimum absolute atomic E-state index is 0.0326. The van der Waals surface area contributed by atoms with Gasteiger partial charge in [-0.3, -0.25) is 9.59 Å². The van der Waals surface area contributed by atoms with Gasteiger partial charge in [-0.15, -0.1) is 0 Å². The number of anilines is 1. The Morgan fingerprint density at radius 1 is 1.28 bits per heavy atom. The molecule has 3 rings (SSSR count). The highest BCUT2D eigenvalue weighted by Crippen LogP contribution is 2.37. The number of Topliss-reactive ketones (excluding diaryl/α,β-unsaturated/α-hetero) is 1. The largest absolute Gasteiger partial charge is 0.390 e. The fourth-order valence-corrected chi connectivity index (χ4v) is 4.55. The van der Waals surface area contributed by atoms with Gasteiger partial charge in [0, 0.05) is 30.7 Å². The maximum Gasteiger partial charge on any atom is 0.231 e. The summed E-state index contributed by atoms with van der Waals surface area (Å²) in [4.78, 5) is 34.2. The van der Waals surface area contributed by atoms with Gasteiger partial charge >= 0.3 is 0 Å². The number of nitrogens with zero attached hydrogens (tertiary/aromatic N) is 3. The number of carbonyl (C=O) groups is 2. The summed E-state index contributed by atoms with van der Waals surface area (Å²) in [6.45, 7) is 11.8. The molecule has 1 aliphatic heterocycles. The molecule has 32 heavy (non-hydrogen) atoms. The fraction of sp³-hybridized carbons (Fsp3) is 0.652. The second kappa shape index (κ2) is 8.88. The van der Waals surface area contributed by atoms with Gasteiger partial charge < -0.3 is 24.5 Å². The van der Waals surface area contributed by atoms with Crippen LogP contribution in [0.15, 0.2) is 12.5 Å². The summed E-state index contributed by atoms with van der Waals surface area (Å²) in [6.07, 6.45) is 2.34. The van der Waals surface area contributed by atoms with E-state index in [0.29, 0.717) is 29.4 Å². The molecule has 2 aromatic rings. The van der Waals surface area contributed by atoms with Crippen LogP contribution in [0, 0.1) is 10.8 Å². The standard InChI is InChI=1S/C23H34N4O5/c1-13(28)14-9-27(17-8-15(29)16(32-17)10-31-7)20-18(14)19(24-12-25-20)26-21(30)23(5,6)11-22(2,3)4/h9,12,15-17,29H,8,10-11H2,1-7H3,(H,24,25,26,30)/t15?,16-,17-/m1/s1. The Labute approximate surface area is 188 Å². The van der Waals surface area contributed by atoms with E-state index in [1.165, 1.54) is 13.3 Å². The molecule has 3 heterocycles. The molecule has 2 aromatic heterocycles. The number of aliphatic hydroxyl groups is 1. The highest BCUT2D eigenvalue weighted by Gasteiger charge is 2.37. The van der Waals surface area contributed by atoms with Gasteiger partial charge in [0.25, 0.3) is 0 Å². The maximum absolute atomic E-state index is 13.1. The van der Waals surface area contributed by atoms with Crippen molar-refractivity contribution in [1.29, 1.82) is 0 Å². The van der Waals surface area contributed by atoms with Gasteiger partial charge in [-0.1, -0.05) is 34.6 Å². The predicted octanol–water partition coefficient (Wildman–Crippen LogP) is 3.33. The van der Waals surface area contributed by atoms with Gasteiger partial charge in [0.2, 0.25) is 5.91 Å². The number of nitrogens with one attached hydrogen (secondary N) is 1. The summed E-state index contributed by atoms with van der Waals surface area (Å²) < 4.78 is 12.8. The lowest BCUT2D eigenvalue weighted by Crippen LogP contribution is -2.34. The first-order valence-electron chi connectivity index (χ1n) is 10.8. The number of rotatable bonds is 7. The molecule has 0 spiro atoms. The van der Waals surface area contributed by atoms with Gasteiger partial charge in [0.1, 0.15) is 30.1 Å². The molecule has 176 valence electrons. The third kappa shape index (κ3) is 5.00. The molecule has 1 aliphatic rings. The van der Waals surface area contributed by atoms with Crippen LogP contribution >= 0.6 is 0 Å². The minimum Gasteiger partial charge on any atom is -0.390 e. The van der Waals surface area contributed by atoms with Crippen molar-refractivity contribution in [2.75, 3.05) is 19.0 Å². The van der Waals surface area contributed by atoms with Gasteiger partial charge in [0.05, 0.1) is 18.1 Å². The second-order valence-electron chi connectivity index (χ2n) is 10.4. The number of carbonyl (C=O) groups excluding carboxylic acids is 2. The molecule has 3 atom stereocenters. The van der Waals surface area contributed by atoms with Gasteiger partial charge in [0.15, 0.2) is 5.78 Å². The average Bonchev–Trinajstić information content (AvgIpc) is 3.22. The number of fused-ring (bicyclic) bond motifs is 1. The van der Waals surface area contributed by atoms with Crippen molar-refractivity contribution in [1.82, 2.24) is 14.5 Å². The van der Waals surface area contributed by atoms with Crippen LogP contribution in [0.4, 0.5) is 5.82 Å². The van der Waals surface area contributed by atoms with Crippen LogP contribution < -0.4 is 5.32 Å². The van der Waals surface area contributed by atoms with E-state index in [1.807, 2.05) is 13.8 Å². The van der Waals surface area contributed by atoms with Crippen LogP contribution in [-0.2, 0) is 14.3 Å².